The van der Waals surface area contributed by atoms with Crippen molar-refractivity contribution >= 4 is 0 Å². The molecule has 1 aliphatic heterocycles. The van der Waals surface area contributed by atoms with Gasteiger partial charge >= 0.3 is 0 Å². The Hall–Kier alpha value is -0.0800. The summed E-state index contributed by atoms with van der Waals surface area (Å²) in [4.78, 5) is 2.22. The van der Waals surface area contributed by atoms with E-state index in [0.29, 0.717) is 12.2 Å². The zero-order chi connectivity index (χ0) is 6.85. The molecular weight excluding hydrogens is 112 g/mol. The summed E-state index contributed by atoms with van der Waals surface area (Å²) in [6, 6.07) is 0.699. The molecule has 0 aromatic rings. The van der Waals surface area contributed by atoms with E-state index in [1.54, 1.807) is 0 Å². The van der Waals surface area contributed by atoms with Gasteiger partial charge in [-0.15, -0.1) is 0 Å². The molecule has 3 atom stereocenters. The average molecular weight is 128 g/mol. The molecule has 1 rings (SSSR count). The highest BCUT2D eigenvalue weighted by atomic mass is 15.4. The molecule has 1 saturated heterocycles. The number of hydrogen-bond acceptors (Lipinski definition) is 2. The predicted molar refractivity (Wildman–Crippen MR) is 39.1 cm³/mol. The number of unbranched alkanes of at least 4 members (excludes halogenated alkanes) is 1. The normalized spacial score (nSPS) is 41.0. The van der Waals surface area contributed by atoms with Gasteiger partial charge < -0.3 is 5.73 Å². The monoisotopic (exact) mass is 128 g/mol. The van der Waals surface area contributed by atoms with Gasteiger partial charge in [0.05, 0.1) is 6.17 Å². The van der Waals surface area contributed by atoms with Crippen LogP contribution in [-0.4, -0.2) is 24.2 Å². The molecule has 0 aromatic carbocycles. The van der Waals surface area contributed by atoms with Gasteiger partial charge in [-0.25, -0.2) is 0 Å². The van der Waals surface area contributed by atoms with Crippen molar-refractivity contribution in [3.63, 3.8) is 0 Å². The van der Waals surface area contributed by atoms with Crippen molar-refractivity contribution in [2.45, 2.75) is 38.4 Å². The predicted octanol–water partition coefficient (Wildman–Crippen LogP) is 0.775. The molecule has 54 valence electrons. The van der Waals surface area contributed by atoms with E-state index in [-0.39, 0.29) is 0 Å². The molecule has 2 N–H and O–H groups in total. The fourth-order valence-electron chi connectivity index (χ4n) is 1.22. The van der Waals surface area contributed by atoms with Crippen LogP contribution in [0.5, 0.6) is 0 Å². The SMILES string of the molecule is CCCC[C@@H]1C(N)N1C. The first-order chi connectivity index (χ1) is 4.27. The quantitative estimate of drug-likeness (QED) is 0.569. The second kappa shape index (κ2) is 2.67. The lowest BCUT2D eigenvalue weighted by molar-refractivity contribution is 0.554. The van der Waals surface area contributed by atoms with E-state index in [0.717, 1.165) is 0 Å². The van der Waals surface area contributed by atoms with Crippen LogP contribution in [0.15, 0.2) is 0 Å². The van der Waals surface area contributed by atoms with Crippen LogP contribution in [0.1, 0.15) is 26.2 Å². The molecule has 0 radical (unpaired) electrons. The van der Waals surface area contributed by atoms with E-state index < -0.39 is 0 Å². The molecule has 0 spiro atoms. The molecular formula is C7H16N2. The molecule has 9 heavy (non-hydrogen) atoms. The second-order valence-corrected chi connectivity index (χ2v) is 2.87. The number of likely N-dealkylation sites (N-methyl/N-ethyl adjacent to an activating group) is 1. The summed E-state index contributed by atoms with van der Waals surface area (Å²) in [6.07, 6.45) is 4.27. The van der Waals surface area contributed by atoms with Crippen LogP contribution >= 0.6 is 0 Å². The summed E-state index contributed by atoms with van der Waals surface area (Å²) < 4.78 is 0. The Bertz CT molecular complexity index is 84.9. The third-order valence-electron chi connectivity index (χ3n) is 2.15. The smallest absolute Gasteiger partial charge is 0.0733 e. The van der Waals surface area contributed by atoms with E-state index in [4.69, 9.17) is 5.73 Å². The van der Waals surface area contributed by atoms with Gasteiger partial charge in [0.25, 0.3) is 0 Å². The molecule has 0 aliphatic carbocycles. The van der Waals surface area contributed by atoms with Crippen LogP contribution in [0.4, 0.5) is 0 Å². The largest absolute Gasteiger partial charge is 0.314 e. The van der Waals surface area contributed by atoms with Gasteiger partial charge in [0, 0.05) is 6.04 Å². The molecule has 2 nitrogen and oxygen atoms in total. The van der Waals surface area contributed by atoms with Crippen LogP contribution in [0, 0.1) is 0 Å². The van der Waals surface area contributed by atoms with Crippen LogP contribution in [0.3, 0.4) is 0 Å². The van der Waals surface area contributed by atoms with Crippen LogP contribution in [-0.2, 0) is 0 Å². The summed E-state index contributed by atoms with van der Waals surface area (Å²) in [5.41, 5.74) is 5.68. The standard InChI is InChI=1S/C7H16N2/c1-3-4-5-6-7(8)9(6)2/h6-7H,3-5,8H2,1-2H3/t6-,7?,9?/m1/s1. The molecule has 2 heteroatoms. The van der Waals surface area contributed by atoms with Crippen LogP contribution in [0.2, 0.25) is 0 Å². The highest BCUT2D eigenvalue weighted by Crippen LogP contribution is 2.25. The minimum Gasteiger partial charge on any atom is -0.314 e. The van der Waals surface area contributed by atoms with Gasteiger partial charge in [-0.05, 0) is 13.5 Å². The van der Waals surface area contributed by atoms with Crippen molar-refractivity contribution in [1.29, 1.82) is 0 Å². The molecule has 2 unspecified atom stereocenters. The Morgan fingerprint density at radius 3 is 2.44 bits per heavy atom. The zero-order valence-corrected chi connectivity index (χ0v) is 6.30. The maximum atomic E-state index is 5.68. The fourth-order valence-corrected chi connectivity index (χ4v) is 1.22. The van der Waals surface area contributed by atoms with Gasteiger partial charge in [0.1, 0.15) is 0 Å². The second-order valence-electron chi connectivity index (χ2n) is 2.87. The van der Waals surface area contributed by atoms with Gasteiger partial charge in [-0.3, -0.25) is 4.90 Å². The molecule has 1 heterocycles. The molecule has 0 bridgehead atoms. The van der Waals surface area contributed by atoms with Crippen LogP contribution < -0.4 is 5.73 Å². The Labute approximate surface area is 57.0 Å². The van der Waals surface area contributed by atoms with Crippen molar-refractivity contribution in [2.75, 3.05) is 7.05 Å². The summed E-state index contributed by atoms with van der Waals surface area (Å²) in [5.74, 6) is 0. The maximum Gasteiger partial charge on any atom is 0.0733 e. The summed E-state index contributed by atoms with van der Waals surface area (Å²) in [6.45, 7) is 2.22. The van der Waals surface area contributed by atoms with E-state index in [1.165, 1.54) is 19.3 Å². The molecule has 1 aliphatic rings. The first-order valence-corrected chi connectivity index (χ1v) is 3.75. The lowest BCUT2D eigenvalue weighted by Gasteiger charge is -1.91. The number of rotatable bonds is 3. The Morgan fingerprint density at radius 2 is 2.11 bits per heavy atom. The average Bonchev–Trinajstić information content (AvgIpc) is 2.39. The van der Waals surface area contributed by atoms with E-state index in [9.17, 15) is 0 Å². The number of hydrogen-bond donors (Lipinski definition) is 1. The lowest BCUT2D eigenvalue weighted by Crippen LogP contribution is -2.06. The Balaban J connectivity index is 2.04. The summed E-state index contributed by atoms with van der Waals surface area (Å²) >= 11 is 0. The number of nitrogens with two attached hydrogens (primary N) is 1. The summed E-state index contributed by atoms with van der Waals surface area (Å²) in [5, 5.41) is 0. The van der Waals surface area contributed by atoms with Gasteiger partial charge in [-0.1, -0.05) is 19.8 Å². The van der Waals surface area contributed by atoms with E-state index in [1.807, 2.05) is 0 Å². The third-order valence-corrected chi connectivity index (χ3v) is 2.15. The minimum atomic E-state index is 0.372. The lowest BCUT2D eigenvalue weighted by atomic mass is 10.2. The highest BCUT2D eigenvalue weighted by Gasteiger charge is 2.39. The summed E-state index contributed by atoms with van der Waals surface area (Å²) in [7, 11) is 2.09. The van der Waals surface area contributed by atoms with Crippen molar-refractivity contribution in [1.82, 2.24) is 4.90 Å². The maximum absolute atomic E-state index is 5.68. The Kier molecular flexibility index (Phi) is 2.09. The highest BCUT2D eigenvalue weighted by molar-refractivity contribution is 4.94. The van der Waals surface area contributed by atoms with Crippen molar-refractivity contribution in [3.05, 3.63) is 0 Å². The minimum absolute atomic E-state index is 0.372. The molecule has 1 fully saturated rings. The van der Waals surface area contributed by atoms with Crippen molar-refractivity contribution < 1.29 is 0 Å². The number of nitrogens with zero attached hydrogens (tertiary/aromatic N) is 1. The van der Waals surface area contributed by atoms with Crippen molar-refractivity contribution in [3.8, 4) is 0 Å². The van der Waals surface area contributed by atoms with Crippen LogP contribution in [0.25, 0.3) is 0 Å². The van der Waals surface area contributed by atoms with Crippen molar-refractivity contribution in [2.24, 2.45) is 5.73 Å². The van der Waals surface area contributed by atoms with E-state index >= 15 is 0 Å². The molecule has 0 saturated carbocycles. The fraction of sp³-hybridized carbons (Fsp3) is 1.00. The van der Waals surface area contributed by atoms with Gasteiger partial charge in [-0.2, -0.15) is 0 Å². The first-order valence-electron chi connectivity index (χ1n) is 3.75. The van der Waals surface area contributed by atoms with E-state index in [2.05, 4.69) is 18.9 Å². The Morgan fingerprint density at radius 1 is 1.56 bits per heavy atom. The van der Waals surface area contributed by atoms with Gasteiger partial charge in [0.2, 0.25) is 0 Å². The topological polar surface area (TPSA) is 29.0 Å². The first kappa shape index (κ1) is 7.03. The third kappa shape index (κ3) is 1.43. The zero-order valence-electron chi connectivity index (χ0n) is 6.30. The van der Waals surface area contributed by atoms with Gasteiger partial charge in [0.15, 0.2) is 0 Å². The molecule has 0 amide bonds. The molecule has 0 aromatic heterocycles.